The van der Waals surface area contributed by atoms with Crippen LogP contribution < -0.4 is 5.32 Å². The monoisotopic (exact) mass is 201 g/mol. The summed E-state index contributed by atoms with van der Waals surface area (Å²) in [6.07, 6.45) is -1.06. The topological polar surface area (TPSA) is 56.8 Å². The van der Waals surface area contributed by atoms with Crippen LogP contribution in [0.3, 0.4) is 0 Å². The van der Waals surface area contributed by atoms with Gasteiger partial charge in [-0.1, -0.05) is 0 Å². The van der Waals surface area contributed by atoms with E-state index in [0.717, 1.165) is 0 Å². The number of nitrogens with one attached hydrogen (secondary N) is 1. The van der Waals surface area contributed by atoms with Gasteiger partial charge in [0.15, 0.2) is 12.4 Å². The molecule has 0 aromatic carbocycles. The zero-order valence-corrected chi connectivity index (χ0v) is 8.36. The van der Waals surface area contributed by atoms with Crippen LogP contribution in [0.15, 0.2) is 0 Å². The summed E-state index contributed by atoms with van der Waals surface area (Å²) >= 11 is 0. The number of likely N-dealkylation sites (N-methyl/N-ethyl adjacent to an activating group) is 1. The smallest absolute Gasteiger partial charge is 0.251 e. The predicted molar refractivity (Wildman–Crippen MR) is 47.6 cm³/mol. The molecule has 2 heterocycles. The van der Waals surface area contributed by atoms with E-state index in [9.17, 15) is 4.79 Å². The summed E-state index contributed by atoms with van der Waals surface area (Å²) in [4.78, 5) is 11.5. The summed E-state index contributed by atoms with van der Waals surface area (Å²) in [5.41, 5.74) is 0. The summed E-state index contributed by atoms with van der Waals surface area (Å²) in [5, 5.41) is 2.72. The maximum atomic E-state index is 11.5. The number of hydrogen-bond acceptors (Lipinski definition) is 4. The van der Waals surface area contributed by atoms with Gasteiger partial charge in [0, 0.05) is 6.54 Å². The highest BCUT2D eigenvalue weighted by Gasteiger charge is 2.48. The van der Waals surface area contributed by atoms with Gasteiger partial charge in [0.05, 0.1) is 6.61 Å². The van der Waals surface area contributed by atoms with Crippen LogP contribution in [0, 0.1) is 0 Å². The van der Waals surface area contributed by atoms with Crippen LogP contribution in [0.5, 0.6) is 0 Å². The Labute approximate surface area is 82.7 Å². The van der Waals surface area contributed by atoms with E-state index in [4.69, 9.17) is 14.2 Å². The van der Waals surface area contributed by atoms with E-state index in [1.165, 1.54) is 0 Å². The van der Waals surface area contributed by atoms with E-state index < -0.39 is 6.10 Å². The number of rotatable bonds is 2. The van der Waals surface area contributed by atoms with Gasteiger partial charge in [-0.2, -0.15) is 0 Å². The first-order chi connectivity index (χ1) is 6.72. The molecule has 2 aliphatic heterocycles. The van der Waals surface area contributed by atoms with Crippen LogP contribution in [0.4, 0.5) is 0 Å². The quantitative estimate of drug-likeness (QED) is 0.663. The largest absolute Gasteiger partial charge is 0.363 e. The minimum Gasteiger partial charge on any atom is -0.363 e. The fraction of sp³-hybridized carbons (Fsp3) is 0.889. The lowest BCUT2D eigenvalue weighted by Crippen LogP contribution is -2.42. The number of carbonyl (C=O) groups excluding carboxylic acids is 1. The molecule has 1 N–H and O–H groups in total. The molecule has 0 saturated carbocycles. The van der Waals surface area contributed by atoms with Crippen LogP contribution in [-0.4, -0.2) is 43.7 Å². The third-order valence-electron chi connectivity index (χ3n) is 2.43. The zero-order chi connectivity index (χ0) is 10.1. The minimum atomic E-state index is -0.509. The molecule has 14 heavy (non-hydrogen) atoms. The predicted octanol–water partition coefficient (Wildman–Crippen LogP) is -0.349. The number of amides is 1. The summed E-state index contributed by atoms with van der Waals surface area (Å²) < 4.78 is 16.2. The van der Waals surface area contributed by atoms with E-state index >= 15 is 0 Å². The van der Waals surface area contributed by atoms with Crippen molar-refractivity contribution in [3.05, 3.63) is 0 Å². The Bertz CT molecular complexity index is 233. The number of hydrogen-bond donors (Lipinski definition) is 1. The number of carbonyl (C=O) groups is 1. The number of ether oxygens (including phenoxy) is 3. The highest BCUT2D eigenvalue weighted by atomic mass is 16.8. The maximum absolute atomic E-state index is 11.5. The van der Waals surface area contributed by atoms with E-state index in [2.05, 4.69) is 5.32 Å². The van der Waals surface area contributed by atoms with Crippen molar-refractivity contribution in [1.29, 1.82) is 0 Å². The molecule has 1 amide bonds. The van der Waals surface area contributed by atoms with Gasteiger partial charge in [-0.3, -0.25) is 4.79 Å². The highest BCUT2D eigenvalue weighted by molar-refractivity contribution is 5.81. The number of fused-ring (bicyclic) bond motifs is 1. The molecule has 5 nitrogen and oxygen atoms in total. The second-order valence-electron chi connectivity index (χ2n) is 3.49. The Morgan fingerprint density at radius 2 is 2.29 bits per heavy atom. The lowest BCUT2D eigenvalue weighted by Gasteiger charge is -2.15. The standard InChI is InChI=1S/C9H15NO4/c1-3-10-9(11)8-7-6(4-12-8)13-5(2)14-7/h5-8H,3-4H2,1-2H3,(H,10,11). The molecule has 4 atom stereocenters. The Balaban J connectivity index is 1.98. The Morgan fingerprint density at radius 3 is 3.00 bits per heavy atom. The van der Waals surface area contributed by atoms with Crippen LogP contribution in [0.1, 0.15) is 13.8 Å². The van der Waals surface area contributed by atoms with E-state index in [1.807, 2.05) is 13.8 Å². The van der Waals surface area contributed by atoms with Gasteiger partial charge < -0.3 is 19.5 Å². The Hall–Kier alpha value is -0.650. The fourth-order valence-corrected chi connectivity index (χ4v) is 1.86. The van der Waals surface area contributed by atoms with Crippen LogP contribution in [0.25, 0.3) is 0 Å². The third kappa shape index (κ3) is 1.63. The minimum absolute atomic E-state index is 0.0855. The van der Waals surface area contributed by atoms with Gasteiger partial charge in [-0.05, 0) is 13.8 Å². The Kier molecular flexibility index (Phi) is 2.71. The zero-order valence-electron chi connectivity index (χ0n) is 8.36. The maximum Gasteiger partial charge on any atom is 0.251 e. The first-order valence-corrected chi connectivity index (χ1v) is 4.92. The molecule has 80 valence electrons. The Morgan fingerprint density at radius 1 is 1.50 bits per heavy atom. The van der Waals surface area contributed by atoms with Crippen LogP contribution >= 0.6 is 0 Å². The molecule has 0 aromatic heterocycles. The highest BCUT2D eigenvalue weighted by Crippen LogP contribution is 2.29. The summed E-state index contributed by atoms with van der Waals surface area (Å²) in [6, 6.07) is 0. The van der Waals surface area contributed by atoms with Gasteiger partial charge in [0.2, 0.25) is 0 Å². The van der Waals surface area contributed by atoms with Gasteiger partial charge in [-0.25, -0.2) is 0 Å². The van der Waals surface area contributed by atoms with Crippen molar-refractivity contribution in [2.24, 2.45) is 0 Å². The molecule has 2 rings (SSSR count). The summed E-state index contributed by atoms with van der Waals surface area (Å²) in [7, 11) is 0. The lowest BCUT2D eigenvalue weighted by atomic mass is 10.1. The van der Waals surface area contributed by atoms with Gasteiger partial charge in [-0.15, -0.1) is 0 Å². The van der Waals surface area contributed by atoms with Gasteiger partial charge >= 0.3 is 0 Å². The van der Waals surface area contributed by atoms with Crippen molar-refractivity contribution in [2.75, 3.05) is 13.2 Å². The molecule has 4 unspecified atom stereocenters. The normalized spacial score (nSPS) is 41.0. The summed E-state index contributed by atoms with van der Waals surface area (Å²) in [6.45, 7) is 4.75. The summed E-state index contributed by atoms with van der Waals surface area (Å²) in [5.74, 6) is -0.113. The van der Waals surface area contributed by atoms with Crippen molar-refractivity contribution < 1.29 is 19.0 Å². The molecular formula is C9H15NO4. The van der Waals surface area contributed by atoms with Crippen molar-refractivity contribution in [2.45, 2.75) is 38.4 Å². The second kappa shape index (κ2) is 3.84. The van der Waals surface area contributed by atoms with Crippen molar-refractivity contribution in [3.8, 4) is 0 Å². The third-order valence-corrected chi connectivity index (χ3v) is 2.43. The molecule has 2 fully saturated rings. The van der Waals surface area contributed by atoms with Crippen molar-refractivity contribution >= 4 is 5.91 Å². The van der Waals surface area contributed by atoms with Crippen molar-refractivity contribution in [1.82, 2.24) is 5.32 Å². The molecule has 0 radical (unpaired) electrons. The molecular weight excluding hydrogens is 186 g/mol. The van der Waals surface area contributed by atoms with Crippen LogP contribution in [0.2, 0.25) is 0 Å². The fourth-order valence-electron chi connectivity index (χ4n) is 1.86. The van der Waals surface area contributed by atoms with Gasteiger partial charge in [0.25, 0.3) is 5.91 Å². The average Bonchev–Trinajstić information content (AvgIpc) is 2.62. The first-order valence-electron chi connectivity index (χ1n) is 4.92. The lowest BCUT2D eigenvalue weighted by molar-refractivity contribution is -0.141. The van der Waals surface area contributed by atoms with Crippen LogP contribution in [-0.2, 0) is 19.0 Å². The van der Waals surface area contributed by atoms with Crippen molar-refractivity contribution in [3.63, 3.8) is 0 Å². The SMILES string of the molecule is CCNC(=O)C1OCC2OC(C)OC21. The molecule has 0 aromatic rings. The van der Waals surface area contributed by atoms with E-state index in [-0.39, 0.29) is 24.4 Å². The molecule has 0 aliphatic carbocycles. The molecule has 2 aliphatic rings. The average molecular weight is 201 g/mol. The molecule has 0 spiro atoms. The molecule has 0 bridgehead atoms. The first kappa shape index (κ1) is 9.89. The van der Waals surface area contributed by atoms with E-state index in [1.54, 1.807) is 0 Å². The molecule has 2 saturated heterocycles. The molecule has 5 heteroatoms. The van der Waals surface area contributed by atoms with E-state index in [0.29, 0.717) is 13.2 Å². The second-order valence-corrected chi connectivity index (χ2v) is 3.49. The van der Waals surface area contributed by atoms with Gasteiger partial charge in [0.1, 0.15) is 12.2 Å².